The molecule has 2 N–H and O–H groups in total. The zero-order valence-corrected chi connectivity index (χ0v) is 13.4. The molecule has 0 radical (unpaired) electrons. The molecule has 1 saturated heterocycles. The molecule has 1 aliphatic rings. The van der Waals surface area contributed by atoms with E-state index in [1.807, 2.05) is 20.8 Å². The zero-order valence-electron chi connectivity index (χ0n) is 12.6. The van der Waals surface area contributed by atoms with Crippen LogP contribution >= 0.6 is 11.3 Å². The number of amides is 2. The number of hydrogen-bond acceptors (Lipinski definition) is 3. The van der Waals surface area contributed by atoms with E-state index in [1.54, 1.807) is 11.3 Å². The quantitative estimate of drug-likeness (QED) is 0.897. The molecule has 5 heteroatoms. The van der Waals surface area contributed by atoms with Gasteiger partial charge in [-0.3, -0.25) is 4.90 Å². The van der Waals surface area contributed by atoms with Gasteiger partial charge in [0.15, 0.2) is 0 Å². The maximum Gasteiger partial charge on any atom is 0.315 e. The van der Waals surface area contributed by atoms with Gasteiger partial charge in [0.25, 0.3) is 0 Å². The standard InChI is InChI=1S/C15H25N3OS/c1-15(2,3)17-14(19)16-10-13(12-6-9-20-11-12)18-7-4-5-8-18/h6,9,11,13H,4-5,7-8,10H2,1-3H3,(H2,16,17,19). The molecule has 1 aromatic rings. The summed E-state index contributed by atoms with van der Waals surface area (Å²) in [6, 6.07) is 2.38. The Kier molecular flexibility index (Phi) is 5.05. The van der Waals surface area contributed by atoms with E-state index < -0.39 is 0 Å². The molecule has 2 rings (SSSR count). The average Bonchev–Trinajstić information content (AvgIpc) is 2.98. The predicted molar refractivity (Wildman–Crippen MR) is 84.2 cm³/mol. The highest BCUT2D eigenvalue weighted by Crippen LogP contribution is 2.26. The topological polar surface area (TPSA) is 44.4 Å². The molecule has 4 nitrogen and oxygen atoms in total. The van der Waals surface area contributed by atoms with E-state index in [0.29, 0.717) is 12.6 Å². The summed E-state index contributed by atoms with van der Waals surface area (Å²) in [6.07, 6.45) is 2.52. The van der Waals surface area contributed by atoms with Crippen molar-refractivity contribution in [2.45, 2.75) is 45.2 Å². The lowest BCUT2D eigenvalue weighted by Gasteiger charge is -2.28. The number of nitrogens with zero attached hydrogens (tertiary/aromatic N) is 1. The lowest BCUT2D eigenvalue weighted by atomic mass is 10.1. The Hall–Kier alpha value is -1.07. The van der Waals surface area contributed by atoms with Gasteiger partial charge in [0.1, 0.15) is 0 Å². The van der Waals surface area contributed by atoms with E-state index in [9.17, 15) is 4.79 Å². The van der Waals surface area contributed by atoms with Crippen LogP contribution in [0.15, 0.2) is 16.8 Å². The second kappa shape index (κ2) is 6.59. The first-order valence-electron chi connectivity index (χ1n) is 7.28. The average molecular weight is 295 g/mol. The van der Waals surface area contributed by atoms with Gasteiger partial charge in [-0.1, -0.05) is 0 Å². The number of carbonyl (C=O) groups is 1. The lowest BCUT2D eigenvalue weighted by molar-refractivity contribution is 0.215. The van der Waals surface area contributed by atoms with Crippen LogP contribution in [0, 0.1) is 0 Å². The smallest absolute Gasteiger partial charge is 0.315 e. The SMILES string of the molecule is CC(C)(C)NC(=O)NCC(c1ccsc1)N1CCCC1. The van der Waals surface area contributed by atoms with Gasteiger partial charge in [0, 0.05) is 12.1 Å². The van der Waals surface area contributed by atoms with E-state index in [0.717, 1.165) is 13.1 Å². The van der Waals surface area contributed by atoms with Crippen molar-refractivity contribution >= 4 is 17.4 Å². The lowest BCUT2D eigenvalue weighted by Crippen LogP contribution is -2.48. The van der Waals surface area contributed by atoms with E-state index >= 15 is 0 Å². The molecule has 2 amide bonds. The summed E-state index contributed by atoms with van der Waals surface area (Å²) >= 11 is 1.72. The molecule has 0 bridgehead atoms. The molecule has 1 fully saturated rings. The molecule has 1 atom stereocenters. The fourth-order valence-electron chi connectivity index (χ4n) is 2.55. The van der Waals surface area contributed by atoms with Crippen LogP contribution < -0.4 is 10.6 Å². The highest BCUT2D eigenvalue weighted by molar-refractivity contribution is 7.07. The van der Waals surface area contributed by atoms with Crippen molar-refractivity contribution in [1.29, 1.82) is 0 Å². The van der Waals surface area contributed by atoms with Gasteiger partial charge >= 0.3 is 6.03 Å². The maximum absolute atomic E-state index is 11.9. The maximum atomic E-state index is 11.9. The first kappa shape index (κ1) is 15.3. The van der Waals surface area contributed by atoms with Crippen molar-refractivity contribution in [3.8, 4) is 0 Å². The molecule has 0 aliphatic carbocycles. The minimum Gasteiger partial charge on any atom is -0.336 e. The number of hydrogen-bond donors (Lipinski definition) is 2. The van der Waals surface area contributed by atoms with Crippen molar-refractivity contribution < 1.29 is 4.79 Å². The third kappa shape index (κ3) is 4.49. The summed E-state index contributed by atoms with van der Waals surface area (Å²) in [5.74, 6) is 0. The first-order chi connectivity index (χ1) is 9.46. The molecular weight excluding hydrogens is 270 g/mol. The number of thiophene rings is 1. The Morgan fingerprint density at radius 2 is 2.10 bits per heavy atom. The Balaban J connectivity index is 1.93. The number of urea groups is 1. The molecular formula is C15H25N3OS. The second-order valence-corrected chi connectivity index (χ2v) is 7.18. The van der Waals surface area contributed by atoms with Crippen LogP contribution in [0.3, 0.4) is 0 Å². The summed E-state index contributed by atoms with van der Waals surface area (Å²) in [5.41, 5.74) is 1.11. The number of likely N-dealkylation sites (tertiary alicyclic amines) is 1. The molecule has 0 aromatic carbocycles. The monoisotopic (exact) mass is 295 g/mol. The van der Waals surface area contributed by atoms with Crippen molar-refractivity contribution in [2.24, 2.45) is 0 Å². The Morgan fingerprint density at radius 1 is 1.40 bits per heavy atom. The van der Waals surface area contributed by atoms with Crippen LogP contribution in [0.5, 0.6) is 0 Å². The van der Waals surface area contributed by atoms with Crippen LogP contribution in [0.2, 0.25) is 0 Å². The van der Waals surface area contributed by atoms with Crippen LogP contribution in [-0.2, 0) is 0 Å². The molecule has 20 heavy (non-hydrogen) atoms. The van der Waals surface area contributed by atoms with Crippen molar-refractivity contribution in [1.82, 2.24) is 15.5 Å². The minimum atomic E-state index is -0.199. The van der Waals surface area contributed by atoms with Gasteiger partial charge in [-0.2, -0.15) is 11.3 Å². The van der Waals surface area contributed by atoms with Gasteiger partial charge in [0.05, 0.1) is 6.04 Å². The Labute approximate surface area is 125 Å². The van der Waals surface area contributed by atoms with Crippen LogP contribution in [0.25, 0.3) is 0 Å². The molecule has 1 aliphatic heterocycles. The van der Waals surface area contributed by atoms with E-state index in [2.05, 4.69) is 32.4 Å². The number of rotatable bonds is 4. The fraction of sp³-hybridized carbons (Fsp3) is 0.667. The third-order valence-corrected chi connectivity index (χ3v) is 4.16. The summed E-state index contributed by atoms with van der Waals surface area (Å²) in [4.78, 5) is 14.4. The molecule has 1 aromatic heterocycles. The first-order valence-corrected chi connectivity index (χ1v) is 8.22. The van der Waals surface area contributed by atoms with E-state index in [1.165, 1.54) is 18.4 Å². The van der Waals surface area contributed by atoms with E-state index in [4.69, 9.17) is 0 Å². The zero-order chi connectivity index (χ0) is 14.6. The van der Waals surface area contributed by atoms with Gasteiger partial charge in [-0.25, -0.2) is 4.79 Å². The number of nitrogens with one attached hydrogen (secondary N) is 2. The molecule has 1 unspecified atom stereocenters. The van der Waals surface area contributed by atoms with Gasteiger partial charge in [-0.05, 0) is 69.1 Å². The Morgan fingerprint density at radius 3 is 2.65 bits per heavy atom. The normalized spacial score (nSPS) is 17.9. The largest absolute Gasteiger partial charge is 0.336 e. The van der Waals surface area contributed by atoms with Gasteiger partial charge in [-0.15, -0.1) is 0 Å². The third-order valence-electron chi connectivity index (χ3n) is 3.45. The predicted octanol–water partition coefficient (Wildman–Crippen LogP) is 2.98. The molecule has 0 spiro atoms. The molecule has 0 saturated carbocycles. The summed E-state index contributed by atoms with van der Waals surface area (Å²) in [5, 5.41) is 10.3. The van der Waals surface area contributed by atoms with Gasteiger partial charge in [0.2, 0.25) is 0 Å². The van der Waals surface area contributed by atoms with Gasteiger partial charge < -0.3 is 10.6 Å². The summed E-state index contributed by atoms with van der Waals surface area (Å²) in [7, 11) is 0. The van der Waals surface area contributed by atoms with Crippen molar-refractivity contribution in [2.75, 3.05) is 19.6 Å². The van der Waals surface area contributed by atoms with Crippen LogP contribution in [-0.4, -0.2) is 36.1 Å². The highest BCUT2D eigenvalue weighted by atomic mass is 32.1. The minimum absolute atomic E-state index is 0.0862. The van der Waals surface area contributed by atoms with E-state index in [-0.39, 0.29) is 11.6 Å². The Bertz CT molecular complexity index is 419. The van der Waals surface area contributed by atoms with Crippen LogP contribution in [0.1, 0.15) is 45.2 Å². The summed E-state index contributed by atoms with van der Waals surface area (Å²) in [6.45, 7) is 8.89. The highest BCUT2D eigenvalue weighted by Gasteiger charge is 2.24. The second-order valence-electron chi connectivity index (χ2n) is 6.40. The van der Waals surface area contributed by atoms with Crippen molar-refractivity contribution in [3.05, 3.63) is 22.4 Å². The molecule has 2 heterocycles. The van der Waals surface area contributed by atoms with Crippen LogP contribution in [0.4, 0.5) is 4.79 Å². The molecule has 112 valence electrons. The number of carbonyl (C=O) groups excluding carboxylic acids is 1. The van der Waals surface area contributed by atoms with Crippen molar-refractivity contribution in [3.63, 3.8) is 0 Å². The fourth-order valence-corrected chi connectivity index (χ4v) is 3.26. The summed E-state index contributed by atoms with van der Waals surface area (Å²) < 4.78 is 0.